The molecule has 8 nitrogen and oxygen atoms in total. The Morgan fingerprint density at radius 2 is 1.91 bits per heavy atom. The lowest BCUT2D eigenvalue weighted by molar-refractivity contribution is 0.0500. The van der Waals surface area contributed by atoms with Crippen LogP contribution in [-0.2, 0) is 4.74 Å². The minimum absolute atomic E-state index is 0.114. The maximum atomic E-state index is 12.5. The fraction of sp³-hybridized carbons (Fsp3) is 0.273. The minimum Gasteiger partial charge on any atom is -0.486 e. The van der Waals surface area contributed by atoms with E-state index in [4.69, 9.17) is 26.4 Å². The number of thiazole rings is 1. The Morgan fingerprint density at radius 3 is 2.72 bits per heavy atom. The smallest absolute Gasteiger partial charge is 0.338 e. The number of benzene rings is 2. The largest absolute Gasteiger partial charge is 0.486 e. The number of ether oxygens (including phenoxy) is 3. The van der Waals surface area contributed by atoms with Gasteiger partial charge in [0.2, 0.25) is 0 Å². The summed E-state index contributed by atoms with van der Waals surface area (Å²) in [5.41, 5.74) is 1.58. The van der Waals surface area contributed by atoms with Crippen molar-refractivity contribution in [2.75, 3.05) is 25.1 Å². The summed E-state index contributed by atoms with van der Waals surface area (Å²) < 4.78 is 17.0. The molecule has 2 heterocycles. The molecule has 32 heavy (non-hydrogen) atoms. The third kappa shape index (κ3) is 5.14. The van der Waals surface area contributed by atoms with Gasteiger partial charge in [-0.05, 0) is 55.0 Å². The van der Waals surface area contributed by atoms with E-state index in [1.165, 1.54) is 11.3 Å². The molecule has 0 bridgehead atoms. The van der Waals surface area contributed by atoms with E-state index in [0.717, 1.165) is 17.5 Å². The monoisotopic (exact) mass is 471 g/mol. The molecule has 1 aliphatic rings. The van der Waals surface area contributed by atoms with E-state index in [1.54, 1.807) is 36.4 Å². The predicted molar refractivity (Wildman–Crippen MR) is 126 cm³/mol. The summed E-state index contributed by atoms with van der Waals surface area (Å²) >= 11 is 6.58. The van der Waals surface area contributed by atoms with E-state index < -0.39 is 0 Å². The van der Waals surface area contributed by atoms with Crippen LogP contribution in [0.5, 0.6) is 11.5 Å². The first-order valence-electron chi connectivity index (χ1n) is 10.1. The molecular formula is C22H21N3O5S2. The molecule has 1 amide bonds. The van der Waals surface area contributed by atoms with E-state index in [2.05, 4.69) is 15.6 Å². The van der Waals surface area contributed by atoms with Gasteiger partial charge in [-0.3, -0.25) is 10.1 Å². The van der Waals surface area contributed by atoms with Crippen molar-refractivity contribution in [1.29, 1.82) is 0 Å². The van der Waals surface area contributed by atoms with Crippen LogP contribution in [0, 0.1) is 0 Å². The summed E-state index contributed by atoms with van der Waals surface area (Å²) in [6.45, 7) is 3.36. The number of anilines is 1. The second kappa shape index (κ2) is 9.92. The second-order valence-electron chi connectivity index (χ2n) is 6.96. The van der Waals surface area contributed by atoms with Crippen LogP contribution in [-0.4, -0.2) is 41.8 Å². The molecule has 0 radical (unpaired) electrons. The fourth-order valence-electron chi connectivity index (χ4n) is 2.99. The molecule has 0 unspecified atom stereocenters. The number of aromatic nitrogens is 1. The van der Waals surface area contributed by atoms with Crippen LogP contribution in [0.3, 0.4) is 0 Å². The number of unbranched alkanes of at least 4 members (excludes halogenated alkanes) is 1. The Bertz CT molecular complexity index is 1180. The number of rotatable bonds is 6. The van der Waals surface area contributed by atoms with Crippen molar-refractivity contribution >= 4 is 55.9 Å². The lowest BCUT2D eigenvalue weighted by atomic mass is 10.2. The Hall–Kier alpha value is -3.24. The Morgan fingerprint density at radius 1 is 1.12 bits per heavy atom. The van der Waals surface area contributed by atoms with E-state index in [1.807, 2.05) is 6.92 Å². The summed E-state index contributed by atoms with van der Waals surface area (Å²) in [7, 11) is 0. The Labute approximate surface area is 193 Å². The first kappa shape index (κ1) is 22.0. The molecular weight excluding hydrogens is 450 g/mol. The summed E-state index contributed by atoms with van der Waals surface area (Å²) in [6, 6.07) is 10.1. The van der Waals surface area contributed by atoms with Crippen molar-refractivity contribution < 1.29 is 23.8 Å². The van der Waals surface area contributed by atoms with Crippen molar-refractivity contribution in [2.45, 2.75) is 19.8 Å². The quantitative estimate of drug-likeness (QED) is 0.314. The van der Waals surface area contributed by atoms with Crippen molar-refractivity contribution in [3.05, 3.63) is 47.5 Å². The number of fused-ring (bicyclic) bond motifs is 2. The van der Waals surface area contributed by atoms with Crippen LogP contribution in [0.15, 0.2) is 36.4 Å². The van der Waals surface area contributed by atoms with Gasteiger partial charge < -0.3 is 19.5 Å². The molecule has 0 saturated carbocycles. The van der Waals surface area contributed by atoms with Crippen LogP contribution in [0.25, 0.3) is 10.2 Å². The third-order valence-corrected chi connectivity index (χ3v) is 5.74. The van der Waals surface area contributed by atoms with Gasteiger partial charge >= 0.3 is 5.97 Å². The van der Waals surface area contributed by atoms with E-state index in [9.17, 15) is 9.59 Å². The topological polar surface area (TPSA) is 98.8 Å². The van der Waals surface area contributed by atoms with Crippen LogP contribution >= 0.6 is 23.6 Å². The summed E-state index contributed by atoms with van der Waals surface area (Å²) in [5.74, 6) is 0.401. The molecule has 2 aromatic carbocycles. The molecule has 0 fully saturated rings. The number of thiocarbonyl (C=S) groups is 1. The highest BCUT2D eigenvalue weighted by Gasteiger charge is 2.16. The fourth-order valence-corrected chi connectivity index (χ4v) is 4.15. The normalized spacial score (nSPS) is 12.3. The highest BCUT2D eigenvalue weighted by molar-refractivity contribution is 7.80. The molecule has 0 atom stereocenters. The number of nitrogens with one attached hydrogen (secondary N) is 2. The molecule has 10 heteroatoms. The average molecular weight is 472 g/mol. The van der Waals surface area contributed by atoms with Crippen LogP contribution in [0.4, 0.5) is 5.13 Å². The lowest BCUT2D eigenvalue weighted by Crippen LogP contribution is -2.34. The van der Waals surface area contributed by atoms with E-state index >= 15 is 0 Å². The van der Waals surface area contributed by atoms with Gasteiger partial charge in [0.15, 0.2) is 21.7 Å². The summed E-state index contributed by atoms with van der Waals surface area (Å²) in [5, 5.41) is 6.17. The second-order valence-corrected chi connectivity index (χ2v) is 8.40. The van der Waals surface area contributed by atoms with Crippen molar-refractivity contribution in [3.8, 4) is 11.5 Å². The Balaban J connectivity index is 1.39. The first-order valence-corrected chi connectivity index (χ1v) is 11.4. The van der Waals surface area contributed by atoms with E-state index in [0.29, 0.717) is 53.1 Å². The maximum absolute atomic E-state index is 12.5. The van der Waals surface area contributed by atoms with Gasteiger partial charge in [-0.25, -0.2) is 9.78 Å². The van der Waals surface area contributed by atoms with Gasteiger partial charge in [-0.15, -0.1) is 0 Å². The summed E-state index contributed by atoms with van der Waals surface area (Å²) in [4.78, 5) is 29.1. The molecule has 1 aromatic heterocycles. The van der Waals surface area contributed by atoms with Gasteiger partial charge in [0.1, 0.15) is 13.2 Å². The number of hydrogen-bond donors (Lipinski definition) is 2. The van der Waals surface area contributed by atoms with Crippen molar-refractivity contribution in [1.82, 2.24) is 10.3 Å². The third-order valence-electron chi connectivity index (χ3n) is 4.61. The van der Waals surface area contributed by atoms with E-state index in [-0.39, 0.29) is 17.0 Å². The van der Waals surface area contributed by atoms with Crippen LogP contribution < -0.4 is 20.1 Å². The number of carbonyl (C=O) groups excluding carboxylic acids is 2. The number of nitrogens with zero attached hydrogens (tertiary/aromatic N) is 1. The van der Waals surface area contributed by atoms with Crippen LogP contribution in [0.2, 0.25) is 0 Å². The van der Waals surface area contributed by atoms with Gasteiger partial charge in [-0.2, -0.15) is 0 Å². The SMILES string of the molecule is CCCCOC(=O)c1ccc2nc(NC(=S)NC(=O)c3ccc4c(c3)OCCO4)sc2c1. The molecule has 2 N–H and O–H groups in total. The molecule has 166 valence electrons. The number of carbonyl (C=O) groups is 2. The van der Waals surface area contributed by atoms with Gasteiger partial charge in [-0.1, -0.05) is 24.7 Å². The Kier molecular flexibility index (Phi) is 6.81. The first-order chi connectivity index (χ1) is 15.5. The zero-order valence-corrected chi connectivity index (χ0v) is 18.9. The maximum Gasteiger partial charge on any atom is 0.338 e. The summed E-state index contributed by atoms with van der Waals surface area (Å²) in [6.07, 6.45) is 1.79. The molecule has 3 aromatic rings. The predicted octanol–water partition coefficient (Wildman–Crippen LogP) is 4.15. The average Bonchev–Trinajstić information content (AvgIpc) is 3.19. The minimum atomic E-state index is -0.377. The zero-order valence-electron chi connectivity index (χ0n) is 17.3. The standard InChI is InChI=1S/C22H21N3O5S2/c1-2-3-8-30-20(27)14-4-6-15-18(12-14)32-22(23-15)25-21(31)24-19(26)13-5-7-16-17(11-13)29-10-9-28-16/h4-7,11-12H,2-3,8-10H2,1H3,(H2,23,24,25,26,31). The molecule has 1 aliphatic heterocycles. The highest BCUT2D eigenvalue weighted by atomic mass is 32.1. The van der Waals surface area contributed by atoms with Gasteiger partial charge in [0.05, 0.1) is 22.4 Å². The van der Waals surface area contributed by atoms with Gasteiger partial charge in [0, 0.05) is 5.56 Å². The molecule has 0 saturated heterocycles. The van der Waals surface area contributed by atoms with Gasteiger partial charge in [0.25, 0.3) is 5.91 Å². The van der Waals surface area contributed by atoms with Crippen molar-refractivity contribution in [2.24, 2.45) is 0 Å². The number of esters is 1. The molecule has 4 rings (SSSR count). The molecule has 0 spiro atoms. The lowest BCUT2D eigenvalue weighted by Gasteiger charge is -2.18. The molecule has 0 aliphatic carbocycles. The zero-order chi connectivity index (χ0) is 22.5. The highest BCUT2D eigenvalue weighted by Crippen LogP contribution is 2.31. The number of hydrogen-bond acceptors (Lipinski definition) is 8. The number of amides is 1. The van der Waals surface area contributed by atoms with Crippen molar-refractivity contribution in [3.63, 3.8) is 0 Å². The van der Waals surface area contributed by atoms with Crippen LogP contribution in [0.1, 0.15) is 40.5 Å².